The molecule has 0 nitrogen and oxygen atoms in total. The van der Waals surface area contributed by atoms with E-state index in [4.69, 9.17) is 11.6 Å². The van der Waals surface area contributed by atoms with Gasteiger partial charge in [-0.3, -0.25) is 0 Å². The third-order valence-electron chi connectivity index (χ3n) is 3.10. The van der Waals surface area contributed by atoms with Crippen molar-refractivity contribution >= 4 is 11.6 Å². The van der Waals surface area contributed by atoms with E-state index in [1.54, 1.807) is 12.1 Å². The second kappa shape index (κ2) is 3.95. The molecule has 1 aliphatic carbocycles. The summed E-state index contributed by atoms with van der Waals surface area (Å²) in [6, 6.07) is 5.38. The van der Waals surface area contributed by atoms with Gasteiger partial charge in [-0.15, -0.1) is 11.6 Å². The van der Waals surface area contributed by atoms with Crippen molar-refractivity contribution in [3.8, 4) is 0 Å². The van der Waals surface area contributed by atoms with Gasteiger partial charge in [0.2, 0.25) is 0 Å². The fraction of sp³-hybridized carbons (Fsp3) is 0.500. The van der Waals surface area contributed by atoms with Gasteiger partial charge in [0.25, 0.3) is 0 Å². The normalized spacial score (nSPS) is 18.5. The van der Waals surface area contributed by atoms with Crippen LogP contribution in [0.25, 0.3) is 0 Å². The van der Waals surface area contributed by atoms with E-state index in [2.05, 4.69) is 0 Å². The molecule has 2 rings (SSSR count). The quantitative estimate of drug-likeness (QED) is 0.701. The van der Waals surface area contributed by atoms with Gasteiger partial charge < -0.3 is 0 Å². The lowest BCUT2D eigenvalue weighted by Gasteiger charge is -2.12. The maximum absolute atomic E-state index is 12.3. The van der Waals surface area contributed by atoms with Crippen molar-refractivity contribution < 1.29 is 13.2 Å². The SMILES string of the molecule is FC(F)(F)c1ccc(CC2(CCl)CC2)cc1. The van der Waals surface area contributed by atoms with Gasteiger partial charge in [-0.1, -0.05) is 12.1 Å². The first-order valence-corrected chi connectivity index (χ1v) is 5.71. The molecule has 16 heavy (non-hydrogen) atoms. The zero-order valence-corrected chi connectivity index (χ0v) is 9.41. The molecule has 0 N–H and O–H groups in total. The highest BCUT2D eigenvalue weighted by atomic mass is 35.5. The standard InChI is InChI=1S/C12H12ClF3/c13-8-11(5-6-11)7-9-1-3-10(4-2-9)12(14,15)16/h1-4H,5-8H2. The largest absolute Gasteiger partial charge is 0.416 e. The van der Waals surface area contributed by atoms with Crippen LogP contribution >= 0.6 is 11.6 Å². The van der Waals surface area contributed by atoms with Gasteiger partial charge >= 0.3 is 6.18 Å². The first-order chi connectivity index (χ1) is 7.45. The summed E-state index contributed by atoms with van der Waals surface area (Å²) in [5.74, 6) is 0.591. The molecule has 0 radical (unpaired) electrons. The minimum absolute atomic E-state index is 0.154. The Balaban J connectivity index is 2.08. The highest BCUT2D eigenvalue weighted by Crippen LogP contribution is 2.49. The van der Waals surface area contributed by atoms with Gasteiger partial charge in [-0.05, 0) is 42.4 Å². The predicted molar refractivity (Wildman–Crippen MR) is 57.5 cm³/mol. The average molecular weight is 249 g/mol. The Labute approximate surface area is 97.4 Å². The third kappa shape index (κ3) is 2.51. The van der Waals surface area contributed by atoms with Gasteiger partial charge in [0.05, 0.1) is 5.56 Å². The summed E-state index contributed by atoms with van der Waals surface area (Å²) in [5, 5.41) is 0. The summed E-state index contributed by atoms with van der Waals surface area (Å²) in [4.78, 5) is 0. The van der Waals surface area contributed by atoms with E-state index in [0.717, 1.165) is 37.0 Å². The molecule has 0 unspecified atom stereocenters. The van der Waals surface area contributed by atoms with Crippen LogP contribution in [0.5, 0.6) is 0 Å². The number of benzene rings is 1. The predicted octanol–water partition coefficient (Wildman–Crippen LogP) is 4.27. The van der Waals surface area contributed by atoms with Crippen molar-refractivity contribution in [3.05, 3.63) is 35.4 Å². The molecule has 0 saturated heterocycles. The van der Waals surface area contributed by atoms with Crippen molar-refractivity contribution in [2.45, 2.75) is 25.4 Å². The van der Waals surface area contributed by atoms with Crippen LogP contribution < -0.4 is 0 Å². The molecule has 88 valence electrons. The molecule has 1 saturated carbocycles. The molecule has 1 aliphatic rings. The van der Waals surface area contributed by atoms with Gasteiger partial charge in [-0.2, -0.15) is 13.2 Å². The zero-order chi connectivity index (χ0) is 11.8. The molecular formula is C12H12ClF3. The third-order valence-corrected chi connectivity index (χ3v) is 3.67. The van der Waals surface area contributed by atoms with Crippen LogP contribution in [0, 0.1) is 5.41 Å². The molecule has 1 aromatic rings. The summed E-state index contributed by atoms with van der Waals surface area (Å²) < 4.78 is 36.9. The molecule has 4 heteroatoms. The number of rotatable bonds is 3. The maximum atomic E-state index is 12.3. The fourth-order valence-electron chi connectivity index (χ4n) is 1.78. The van der Waals surface area contributed by atoms with Gasteiger partial charge in [0, 0.05) is 5.88 Å². The lowest BCUT2D eigenvalue weighted by atomic mass is 9.97. The fourth-order valence-corrected chi connectivity index (χ4v) is 2.14. The highest BCUT2D eigenvalue weighted by Gasteiger charge is 2.41. The average Bonchev–Trinajstić information content (AvgIpc) is 2.98. The van der Waals surface area contributed by atoms with E-state index < -0.39 is 11.7 Å². The zero-order valence-electron chi connectivity index (χ0n) is 8.65. The smallest absolute Gasteiger partial charge is 0.166 e. The van der Waals surface area contributed by atoms with Crippen molar-refractivity contribution in [2.75, 3.05) is 5.88 Å². The molecule has 1 aromatic carbocycles. The summed E-state index contributed by atoms with van der Waals surface area (Å²) in [5.41, 5.74) is 0.500. The molecule has 0 aromatic heterocycles. The second-order valence-corrected chi connectivity index (χ2v) is 4.77. The van der Waals surface area contributed by atoms with E-state index in [9.17, 15) is 13.2 Å². The Morgan fingerprint density at radius 1 is 1.12 bits per heavy atom. The van der Waals surface area contributed by atoms with Crippen LogP contribution in [0.4, 0.5) is 13.2 Å². The summed E-state index contributed by atoms with van der Waals surface area (Å²) in [6.07, 6.45) is -1.30. The molecule has 1 fully saturated rings. The van der Waals surface area contributed by atoms with Crippen molar-refractivity contribution in [3.63, 3.8) is 0 Å². The summed E-state index contributed by atoms with van der Waals surface area (Å²) in [7, 11) is 0. The Hall–Kier alpha value is -0.700. The lowest BCUT2D eigenvalue weighted by molar-refractivity contribution is -0.137. The molecule has 0 amide bonds. The Kier molecular flexibility index (Phi) is 2.91. The van der Waals surface area contributed by atoms with E-state index >= 15 is 0 Å². The van der Waals surface area contributed by atoms with Crippen LogP contribution in [0.3, 0.4) is 0 Å². The highest BCUT2D eigenvalue weighted by molar-refractivity contribution is 6.18. The number of alkyl halides is 4. The Bertz CT molecular complexity index is 363. The Morgan fingerprint density at radius 2 is 1.69 bits per heavy atom. The monoisotopic (exact) mass is 248 g/mol. The molecule has 0 atom stereocenters. The van der Waals surface area contributed by atoms with Crippen LogP contribution in [0.15, 0.2) is 24.3 Å². The lowest BCUT2D eigenvalue weighted by Crippen LogP contribution is -2.08. The van der Waals surface area contributed by atoms with Crippen LogP contribution in [-0.2, 0) is 12.6 Å². The first-order valence-electron chi connectivity index (χ1n) is 5.17. The van der Waals surface area contributed by atoms with Crippen LogP contribution in [0.2, 0.25) is 0 Å². The number of hydrogen-bond acceptors (Lipinski definition) is 0. The van der Waals surface area contributed by atoms with Crippen LogP contribution in [-0.4, -0.2) is 5.88 Å². The van der Waals surface area contributed by atoms with Gasteiger partial charge in [0.1, 0.15) is 0 Å². The summed E-state index contributed by atoms with van der Waals surface area (Å²) in [6.45, 7) is 0. The number of halogens is 4. The minimum atomic E-state index is -4.25. The second-order valence-electron chi connectivity index (χ2n) is 4.51. The molecule has 0 spiro atoms. The van der Waals surface area contributed by atoms with E-state index in [1.807, 2.05) is 0 Å². The topological polar surface area (TPSA) is 0 Å². The molecule has 0 bridgehead atoms. The molecular weight excluding hydrogens is 237 g/mol. The van der Waals surface area contributed by atoms with E-state index in [-0.39, 0.29) is 5.41 Å². The van der Waals surface area contributed by atoms with Crippen molar-refractivity contribution in [1.29, 1.82) is 0 Å². The van der Waals surface area contributed by atoms with E-state index in [1.165, 1.54) is 0 Å². The maximum Gasteiger partial charge on any atom is 0.416 e. The molecule has 0 heterocycles. The van der Waals surface area contributed by atoms with Crippen molar-refractivity contribution in [1.82, 2.24) is 0 Å². The Morgan fingerprint density at radius 3 is 2.06 bits per heavy atom. The van der Waals surface area contributed by atoms with Gasteiger partial charge in [-0.25, -0.2) is 0 Å². The summed E-state index contributed by atoms with van der Waals surface area (Å²) >= 11 is 5.83. The first kappa shape index (κ1) is 11.8. The molecule has 0 aliphatic heterocycles. The number of hydrogen-bond donors (Lipinski definition) is 0. The van der Waals surface area contributed by atoms with Crippen LogP contribution in [0.1, 0.15) is 24.0 Å². The minimum Gasteiger partial charge on any atom is -0.166 e. The van der Waals surface area contributed by atoms with E-state index in [0.29, 0.717) is 5.88 Å². The van der Waals surface area contributed by atoms with Gasteiger partial charge in [0.15, 0.2) is 0 Å². The van der Waals surface area contributed by atoms with Crippen molar-refractivity contribution in [2.24, 2.45) is 5.41 Å².